The first-order valence-electron chi connectivity index (χ1n) is 10.8. The summed E-state index contributed by atoms with van der Waals surface area (Å²) in [7, 11) is 1.77. The van der Waals surface area contributed by atoms with Gasteiger partial charge in [-0.2, -0.15) is 0 Å². The molecule has 7 nitrogen and oxygen atoms in total. The van der Waals surface area contributed by atoms with Crippen molar-refractivity contribution in [1.82, 2.24) is 20.5 Å². The van der Waals surface area contributed by atoms with Crippen LogP contribution in [0.1, 0.15) is 16.7 Å². The molecular formula is C25H26ClF2N5O2. The van der Waals surface area contributed by atoms with E-state index in [1.807, 2.05) is 12.1 Å². The molecule has 2 amide bonds. The Morgan fingerprint density at radius 2 is 1.71 bits per heavy atom. The molecule has 0 aliphatic carbocycles. The standard InChI is InChI=1S/C25H26ClF2N5O2/c1-33(14-16-2-6-19(26)7-3-16)15-24(34)32-22(11-17-4-8-20(27)21(28)10-17)25(35)31-13-18-5-9-23(29)30-12-18/h2-10,12,22H,11,13-15H2,1H3,(H2,29,30)(H,31,35)(H,32,34)/t22-/m0/s1. The Balaban J connectivity index is 1.65. The van der Waals surface area contributed by atoms with Crippen molar-refractivity contribution < 1.29 is 18.4 Å². The lowest BCUT2D eigenvalue weighted by molar-refractivity contribution is -0.129. The van der Waals surface area contributed by atoms with E-state index in [1.54, 1.807) is 36.2 Å². The van der Waals surface area contributed by atoms with Crippen molar-refractivity contribution in [1.29, 1.82) is 0 Å². The van der Waals surface area contributed by atoms with E-state index in [0.717, 1.165) is 17.7 Å². The number of carbonyl (C=O) groups is 2. The summed E-state index contributed by atoms with van der Waals surface area (Å²) in [5.41, 5.74) is 7.63. The van der Waals surface area contributed by atoms with Gasteiger partial charge in [-0.15, -0.1) is 0 Å². The van der Waals surface area contributed by atoms with E-state index in [9.17, 15) is 18.4 Å². The number of carbonyl (C=O) groups excluding carboxylic acids is 2. The van der Waals surface area contributed by atoms with Gasteiger partial charge in [-0.05, 0) is 54.1 Å². The van der Waals surface area contributed by atoms with Crippen LogP contribution < -0.4 is 16.4 Å². The van der Waals surface area contributed by atoms with Gasteiger partial charge in [-0.25, -0.2) is 13.8 Å². The van der Waals surface area contributed by atoms with Crippen molar-refractivity contribution in [2.45, 2.75) is 25.6 Å². The molecule has 0 radical (unpaired) electrons. The second kappa shape index (κ2) is 12.2. The zero-order valence-corrected chi connectivity index (χ0v) is 19.9. The molecule has 0 spiro atoms. The van der Waals surface area contributed by atoms with Gasteiger partial charge in [0.15, 0.2) is 11.6 Å². The van der Waals surface area contributed by atoms with Crippen LogP contribution in [0.5, 0.6) is 0 Å². The summed E-state index contributed by atoms with van der Waals surface area (Å²) in [6.07, 6.45) is 1.51. The maximum Gasteiger partial charge on any atom is 0.243 e. The first-order valence-corrected chi connectivity index (χ1v) is 11.2. The van der Waals surface area contributed by atoms with Crippen LogP contribution in [-0.4, -0.2) is 41.3 Å². The van der Waals surface area contributed by atoms with E-state index in [2.05, 4.69) is 15.6 Å². The zero-order chi connectivity index (χ0) is 25.4. The van der Waals surface area contributed by atoms with E-state index in [-0.39, 0.29) is 19.5 Å². The second-order valence-electron chi connectivity index (χ2n) is 8.18. The van der Waals surface area contributed by atoms with Crippen molar-refractivity contribution in [2.75, 3.05) is 19.3 Å². The summed E-state index contributed by atoms with van der Waals surface area (Å²) >= 11 is 5.91. The molecule has 1 aromatic heterocycles. The summed E-state index contributed by atoms with van der Waals surface area (Å²) in [6, 6.07) is 13.0. The lowest BCUT2D eigenvalue weighted by Crippen LogP contribution is -2.50. The Morgan fingerprint density at radius 1 is 1.03 bits per heavy atom. The van der Waals surface area contributed by atoms with Crippen molar-refractivity contribution in [3.63, 3.8) is 0 Å². The van der Waals surface area contributed by atoms with Crippen LogP contribution in [0, 0.1) is 11.6 Å². The third kappa shape index (κ3) is 8.31. The normalized spacial score (nSPS) is 11.8. The number of anilines is 1. The number of benzene rings is 2. The predicted octanol–water partition coefficient (Wildman–Crippen LogP) is 3.07. The van der Waals surface area contributed by atoms with E-state index in [1.165, 1.54) is 12.3 Å². The Kier molecular flexibility index (Phi) is 9.11. The number of pyridine rings is 1. The van der Waals surface area contributed by atoms with E-state index < -0.39 is 29.5 Å². The van der Waals surface area contributed by atoms with Crippen LogP contribution in [0.25, 0.3) is 0 Å². The quantitative estimate of drug-likeness (QED) is 0.396. The summed E-state index contributed by atoms with van der Waals surface area (Å²) in [6.45, 7) is 0.674. The lowest BCUT2D eigenvalue weighted by Gasteiger charge is -2.21. The van der Waals surface area contributed by atoms with Crippen LogP contribution in [0.2, 0.25) is 5.02 Å². The summed E-state index contributed by atoms with van der Waals surface area (Å²) in [4.78, 5) is 31.4. The minimum Gasteiger partial charge on any atom is -0.384 e. The minimum atomic E-state index is -1.02. The topological polar surface area (TPSA) is 100 Å². The fraction of sp³-hybridized carbons (Fsp3) is 0.240. The molecule has 0 aliphatic heterocycles. The number of rotatable bonds is 10. The molecule has 2 aromatic carbocycles. The Labute approximate surface area is 207 Å². The number of nitrogens with one attached hydrogen (secondary N) is 2. The van der Waals surface area contributed by atoms with Gasteiger partial charge in [0.05, 0.1) is 6.54 Å². The Hall–Kier alpha value is -3.56. The number of nitrogen functional groups attached to an aromatic ring is 1. The van der Waals surface area contributed by atoms with E-state index in [4.69, 9.17) is 17.3 Å². The molecule has 3 aromatic rings. The largest absolute Gasteiger partial charge is 0.384 e. The van der Waals surface area contributed by atoms with Gasteiger partial charge in [0.2, 0.25) is 11.8 Å². The maximum atomic E-state index is 13.7. The third-order valence-electron chi connectivity index (χ3n) is 5.17. The van der Waals surface area contributed by atoms with Crippen molar-refractivity contribution >= 4 is 29.2 Å². The highest BCUT2D eigenvalue weighted by atomic mass is 35.5. The lowest BCUT2D eigenvalue weighted by atomic mass is 10.0. The van der Waals surface area contributed by atoms with Crippen LogP contribution in [0.3, 0.4) is 0 Å². The highest BCUT2D eigenvalue weighted by Crippen LogP contribution is 2.12. The number of nitrogens with two attached hydrogens (primary N) is 1. The molecule has 0 saturated heterocycles. The number of hydrogen-bond donors (Lipinski definition) is 3. The molecule has 35 heavy (non-hydrogen) atoms. The molecule has 0 bridgehead atoms. The second-order valence-corrected chi connectivity index (χ2v) is 8.62. The summed E-state index contributed by atoms with van der Waals surface area (Å²) < 4.78 is 27.0. The molecule has 184 valence electrons. The first-order chi connectivity index (χ1) is 16.7. The van der Waals surface area contributed by atoms with Gasteiger partial charge in [-0.3, -0.25) is 14.5 Å². The first kappa shape index (κ1) is 26.1. The van der Waals surface area contributed by atoms with Gasteiger partial charge in [-0.1, -0.05) is 35.9 Å². The Morgan fingerprint density at radius 3 is 2.37 bits per heavy atom. The maximum absolute atomic E-state index is 13.7. The van der Waals surface area contributed by atoms with Gasteiger partial charge >= 0.3 is 0 Å². The van der Waals surface area contributed by atoms with E-state index >= 15 is 0 Å². The fourth-order valence-electron chi connectivity index (χ4n) is 3.41. The van der Waals surface area contributed by atoms with Crippen LogP contribution in [0.4, 0.5) is 14.6 Å². The Bertz CT molecular complexity index is 1160. The third-order valence-corrected chi connectivity index (χ3v) is 5.42. The van der Waals surface area contributed by atoms with Crippen molar-refractivity contribution in [3.05, 3.63) is 94.1 Å². The minimum absolute atomic E-state index is 0.0182. The number of amides is 2. The molecule has 10 heteroatoms. The van der Waals surface area contributed by atoms with Crippen LogP contribution in [0.15, 0.2) is 60.8 Å². The average molecular weight is 502 g/mol. The monoisotopic (exact) mass is 501 g/mol. The molecule has 0 unspecified atom stereocenters. The van der Waals surface area contributed by atoms with Gasteiger partial charge in [0.1, 0.15) is 11.9 Å². The number of nitrogens with zero attached hydrogens (tertiary/aromatic N) is 2. The number of likely N-dealkylation sites (N-methyl/N-ethyl adjacent to an activating group) is 1. The smallest absolute Gasteiger partial charge is 0.243 e. The molecular weight excluding hydrogens is 476 g/mol. The molecule has 1 heterocycles. The SMILES string of the molecule is CN(CC(=O)N[C@@H](Cc1ccc(F)c(F)c1)C(=O)NCc1ccc(N)nc1)Cc1ccc(Cl)cc1. The number of aromatic nitrogens is 1. The van der Waals surface area contributed by atoms with Crippen molar-refractivity contribution in [3.8, 4) is 0 Å². The average Bonchev–Trinajstić information content (AvgIpc) is 2.82. The summed E-state index contributed by atoms with van der Waals surface area (Å²) in [5, 5.41) is 6.07. The van der Waals surface area contributed by atoms with Crippen molar-refractivity contribution in [2.24, 2.45) is 0 Å². The van der Waals surface area contributed by atoms with Gasteiger partial charge < -0.3 is 16.4 Å². The summed E-state index contributed by atoms with van der Waals surface area (Å²) in [5.74, 6) is -2.52. The molecule has 0 saturated carbocycles. The zero-order valence-electron chi connectivity index (χ0n) is 19.1. The molecule has 0 aliphatic rings. The van der Waals surface area contributed by atoms with E-state index in [0.29, 0.717) is 28.5 Å². The fourth-order valence-corrected chi connectivity index (χ4v) is 3.53. The highest BCUT2D eigenvalue weighted by Gasteiger charge is 2.22. The molecule has 0 fully saturated rings. The van der Waals surface area contributed by atoms with Crippen LogP contribution in [-0.2, 0) is 29.1 Å². The number of hydrogen-bond acceptors (Lipinski definition) is 5. The predicted molar refractivity (Wildman–Crippen MR) is 130 cm³/mol. The molecule has 1 atom stereocenters. The molecule has 4 N–H and O–H groups in total. The van der Waals surface area contributed by atoms with Crippen LogP contribution >= 0.6 is 11.6 Å². The van der Waals surface area contributed by atoms with Gasteiger partial charge in [0.25, 0.3) is 0 Å². The number of halogens is 3. The molecule has 3 rings (SSSR count). The highest BCUT2D eigenvalue weighted by molar-refractivity contribution is 6.30. The van der Waals surface area contributed by atoms with Gasteiger partial charge in [0, 0.05) is 30.7 Å².